The maximum Gasteiger partial charge on any atom is 0.105 e. The van der Waals surface area contributed by atoms with Gasteiger partial charge in [0.15, 0.2) is 0 Å². The van der Waals surface area contributed by atoms with E-state index in [1.54, 1.807) is 0 Å². The summed E-state index contributed by atoms with van der Waals surface area (Å²) in [5.74, 6) is 2.03. The van der Waals surface area contributed by atoms with Gasteiger partial charge in [0.2, 0.25) is 0 Å². The molecule has 0 unspecified atom stereocenters. The number of likely N-dealkylation sites (N-methyl/N-ethyl adjacent to an activating group) is 1. The summed E-state index contributed by atoms with van der Waals surface area (Å²) in [6.45, 7) is 3.89. The van der Waals surface area contributed by atoms with E-state index in [0.29, 0.717) is 0 Å². The molecule has 3 nitrogen and oxygen atoms in total. The highest BCUT2D eigenvalue weighted by Crippen LogP contribution is 2.10. The summed E-state index contributed by atoms with van der Waals surface area (Å²) in [5.41, 5.74) is 7.76. The molecule has 0 aliphatic rings. The van der Waals surface area contributed by atoms with Crippen LogP contribution >= 0.6 is 0 Å². The van der Waals surface area contributed by atoms with Gasteiger partial charge in [0.05, 0.1) is 0 Å². The molecule has 0 saturated heterocycles. The van der Waals surface area contributed by atoms with E-state index >= 15 is 0 Å². The highest BCUT2D eigenvalue weighted by molar-refractivity contribution is 5.39. The van der Waals surface area contributed by atoms with Crippen molar-refractivity contribution in [3.63, 3.8) is 0 Å². The van der Waals surface area contributed by atoms with Crippen LogP contribution in [0.4, 0.5) is 5.69 Å². The summed E-state index contributed by atoms with van der Waals surface area (Å²) < 4.78 is 5.56. The van der Waals surface area contributed by atoms with Gasteiger partial charge in [-0.15, -0.1) is 0 Å². The number of hydrogen-bond acceptors (Lipinski definition) is 3. The normalized spacial score (nSPS) is 11.1. The molecule has 1 aromatic carbocycles. The zero-order chi connectivity index (χ0) is 13.0. The van der Waals surface area contributed by atoms with Crippen molar-refractivity contribution >= 4 is 5.69 Å². The Morgan fingerprint density at radius 2 is 1.83 bits per heavy atom. The maximum atomic E-state index is 5.67. The van der Waals surface area contributed by atoms with E-state index in [-0.39, 0.29) is 0 Å². The van der Waals surface area contributed by atoms with Crippen molar-refractivity contribution in [1.82, 2.24) is 4.90 Å². The molecule has 96 valence electrons. The highest BCUT2D eigenvalue weighted by Gasteiger charge is 2.03. The van der Waals surface area contributed by atoms with Crippen LogP contribution < -0.4 is 5.73 Å². The van der Waals surface area contributed by atoms with Crippen LogP contribution in [0.5, 0.6) is 0 Å². The van der Waals surface area contributed by atoms with Gasteiger partial charge in [-0.25, -0.2) is 0 Å². The minimum absolute atomic E-state index is 0.812. The summed E-state index contributed by atoms with van der Waals surface area (Å²) in [6.07, 6.45) is 0.944. The van der Waals surface area contributed by atoms with Crippen LogP contribution in [0.2, 0.25) is 0 Å². The molecule has 0 aliphatic carbocycles. The molecule has 3 heteroatoms. The van der Waals surface area contributed by atoms with Gasteiger partial charge in [-0.2, -0.15) is 0 Å². The lowest BCUT2D eigenvalue weighted by Crippen LogP contribution is -2.20. The first-order chi connectivity index (χ1) is 8.63. The van der Waals surface area contributed by atoms with Crippen LogP contribution in [-0.2, 0) is 13.0 Å². The lowest BCUT2D eigenvalue weighted by atomic mass is 10.2. The van der Waals surface area contributed by atoms with E-state index in [2.05, 4.69) is 24.1 Å². The van der Waals surface area contributed by atoms with E-state index in [4.69, 9.17) is 10.2 Å². The zero-order valence-electron chi connectivity index (χ0n) is 11.0. The number of nitrogens with two attached hydrogens (primary N) is 1. The Balaban J connectivity index is 1.81. The van der Waals surface area contributed by atoms with Crippen molar-refractivity contribution in [3.05, 3.63) is 53.5 Å². The van der Waals surface area contributed by atoms with Gasteiger partial charge in [-0.1, -0.05) is 12.1 Å². The number of rotatable bonds is 5. The minimum Gasteiger partial charge on any atom is -0.466 e. The van der Waals surface area contributed by atoms with Crippen LogP contribution in [0.3, 0.4) is 0 Å². The zero-order valence-corrected chi connectivity index (χ0v) is 11.0. The van der Waals surface area contributed by atoms with Gasteiger partial charge < -0.3 is 15.1 Å². The maximum absolute atomic E-state index is 5.67. The minimum atomic E-state index is 0.812. The van der Waals surface area contributed by atoms with Crippen molar-refractivity contribution < 1.29 is 4.42 Å². The topological polar surface area (TPSA) is 42.4 Å². The third kappa shape index (κ3) is 3.64. The fourth-order valence-corrected chi connectivity index (χ4v) is 1.93. The first kappa shape index (κ1) is 12.7. The fraction of sp³-hybridized carbons (Fsp3) is 0.333. The molecule has 18 heavy (non-hydrogen) atoms. The van der Waals surface area contributed by atoms with Crippen LogP contribution in [0.25, 0.3) is 0 Å². The number of hydrogen-bond donors (Lipinski definition) is 1. The van der Waals surface area contributed by atoms with Crippen molar-refractivity contribution in [2.75, 3.05) is 19.3 Å². The summed E-state index contributed by atoms with van der Waals surface area (Å²) in [5, 5.41) is 0. The Morgan fingerprint density at radius 1 is 1.11 bits per heavy atom. The Morgan fingerprint density at radius 3 is 2.44 bits per heavy atom. The van der Waals surface area contributed by atoms with Gasteiger partial charge in [0.1, 0.15) is 11.5 Å². The third-order valence-electron chi connectivity index (χ3n) is 2.97. The number of benzene rings is 1. The van der Waals surface area contributed by atoms with Crippen LogP contribution in [0, 0.1) is 6.92 Å². The van der Waals surface area contributed by atoms with Gasteiger partial charge in [-0.3, -0.25) is 0 Å². The predicted molar refractivity (Wildman–Crippen MR) is 74.3 cm³/mol. The molecule has 0 spiro atoms. The lowest BCUT2D eigenvalue weighted by molar-refractivity contribution is 0.319. The second-order valence-electron chi connectivity index (χ2n) is 4.74. The third-order valence-corrected chi connectivity index (χ3v) is 2.97. The summed E-state index contributed by atoms with van der Waals surface area (Å²) in [7, 11) is 2.12. The van der Waals surface area contributed by atoms with E-state index in [9.17, 15) is 0 Å². The van der Waals surface area contributed by atoms with Gasteiger partial charge in [0, 0.05) is 25.2 Å². The first-order valence-electron chi connectivity index (χ1n) is 6.22. The van der Waals surface area contributed by atoms with Crippen molar-refractivity contribution in [1.29, 1.82) is 0 Å². The van der Waals surface area contributed by atoms with Crippen LogP contribution in [0.15, 0.2) is 40.8 Å². The van der Waals surface area contributed by atoms with Crippen molar-refractivity contribution in [3.8, 4) is 0 Å². The largest absolute Gasteiger partial charge is 0.466 e. The molecule has 1 heterocycles. The highest BCUT2D eigenvalue weighted by atomic mass is 16.3. The number of nitrogen functional groups attached to an aromatic ring is 1. The van der Waals surface area contributed by atoms with Gasteiger partial charge in [-0.05, 0) is 43.8 Å². The molecule has 0 bridgehead atoms. The molecule has 2 aromatic rings. The molecule has 0 aliphatic heterocycles. The van der Waals surface area contributed by atoms with Gasteiger partial charge >= 0.3 is 0 Å². The smallest absolute Gasteiger partial charge is 0.105 e. The molecular weight excluding hydrogens is 224 g/mol. The second-order valence-corrected chi connectivity index (χ2v) is 4.74. The van der Waals surface area contributed by atoms with E-state index in [1.165, 1.54) is 5.56 Å². The van der Waals surface area contributed by atoms with E-state index < -0.39 is 0 Å². The monoisotopic (exact) mass is 244 g/mol. The number of anilines is 1. The number of furan rings is 1. The quantitative estimate of drug-likeness (QED) is 0.822. The Kier molecular flexibility index (Phi) is 4.05. The van der Waals surface area contributed by atoms with Crippen LogP contribution in [0.1, 0.15) is 17.1 Å². The Labute approximate surface area is 108 Å². The van der Waals surface area contributed by atoms with E-state index in [0.717, 1.165) is 36.7 Å². The van der Waals surface area contributed by atoms with Gasteiger partial charge in [0.25, 0.3) is 0 Å². The standard InChI is InChI=1S/C15H20N2O/c1-12-3-8-15(18-12)9-10-17(2)11-13-4-6-14(16)7-5-13/h3-8H,9-11,16H2,1-2H3. The molecular formula is C15H20N2O. The van der Waals surface area contributed by atoms with Crippen molar-refractivity contribution in [2.24, 2.45) is 0 Å². The molecule has 0 saturated carbocycles. The molecule has 0 amide bonds. The first-order valence-corrected chi connectivity index (χ1v) is 6.22. The summed E-state index contributed by atoms with van der Waals surface area (Å²) in [4.78, 5) is 2.28. The van der Waals surface area contributed by atoms with Crippen molar-refractivity contribution in [2.45, 2.75) is 19.9 Å². The van der Waals surface area contributed by atoms with E-state index in [1.807, 2.05) is 31.2 Å². The molecule has 0 fully saturated rings. The average Bonchev–Trinajstić information content (AvgIpc) is 2.76. The molecule has 0 atom stereocenters. The summed E-state index contributed by atoms with van der Waals surface area (Å²) >= 11 is 0. The number of aryl methyl sites for hydroxylation is 1. The molecule has 0 radical (unpaired) electrons. The Bertz CT molecular complexity index is 487. The second kappa shape index (κ2) is 5.74. The molecule has 2 N–H and O–H groups in total. The summed E-state index contributed by atoms with van der Waals surface area (Å²) in [6, 6.07) is 12.1. The molecule has 1 aromatic heterocycles. The van der Waals surface area contributed by atoms with Crippen LogP contribution in [-0.4, -0.2) is 18.5 Å². The Hall–Kier alpha value is -1.74. The lowest BCUT2D eigenvalue weighted by Gasteiger charge is -2.16. The number of nitrogens with zero attached hydrogens (tertiary/aromatic N) is 1. The SMILES string of the molecule is Cc1ccc(CCN(C)Cc2ccc(N)cc2)o1. The fourth-order valence-electron chi connectivity index (χ4n) is 1.93. The average molecular weight is 244 g/mol. The predicted octanol–water partition coefficient (Wildman–Crippen LogP) is 2.84. The molecule has 2 rings (SSSR count).